The lowest BCUT2D eigenvalue weighted by Crippen LogP contribution is -2.58. The maximum Gasteiger partial charge on any atom is 0.185 e. The molecule has 8 heteroatoms. The number of ether oxygens (including phenoxy) is 4. The molecule has 2 aliphatic rings. The van der Waals surface area contributed by atoms with Crippen molar-refractivity contribution in [3.63, 3.8) is 0 Å². The van der Waals surface area contributed by atoms with Crippen LogP contribution in [0.1, 0.15) is 23.7 Å². The van der Waals surface area contributed by atoms with Crippen LogP contribution in [-0.4, -0.2) is 47.8 Å². The average molecular weight is 427 g/mol. The van der Waals surface area contributed by atoms with E-state index in [4.69, 9.17) is 42.1 Å². The van der Waals surface area contributed by atoms with Gasteiger partial charge in [0.05, 0.1) is 13.2 Å². The number of aliphatic hydroxyl groups excluding tert-OH is 2. The highest BCUT2D eigenvalue weighted by atomic mass is 35.5. The van der Waals surface area contributed by atoms with Gasteiger partial charge in [-0.05, 0) is 24.3 Å². The molecule has 2 heterocycles. The summed E-state index contributed by atoms with van der Waals surface area (Å²) in [7, 11) is 0. The molecular formula is C20H20Cl2O6. The topological polar surface area (TPSA) is 77.4 Å². The Kier molecular flexibility index (Phi) is 6.20. The summed E-state index contributed by atoms with van der Waals surface area (Å²) in [6.45, 7) is -0.237. The zero-order valence-corrected chi connectivity index (χ0v) is 16.3. The first kappa shape index (κ1) is 20.1. The van der Waals surface area contributed by atoms with Crippen LogP contribution >= 0.6 is 23.2 Å². The second kappa shape index (κ2) is 8.65. The molecule has 2 fully saturated rings. The van der Waals surface area contributed by atoms with Crippen molar-refractivity contribution in [2.24, 2.45) is 0 Å². The lowest BCUT2D eigenvalue weighted by molar-refractivity contribution is -0.373. The van der Waals surface area contributed by atoms with E-state index in [0.29, 0.717) is 15.6 Å². The molecule has 150 valence electrons. The molecule has 2 saturated heterocycles. The molecule has 6 nitrogen and oxygen atoms in total. The van der Waals surface area contributed by atoms with Gasteiger partial charge >= 0.3 is 0 Å². The Morgan fingerprint density at radius 2 is 1.57 bits per heavy atom. The third kappa shape index (κ3) is 4.20. The Hall–Kier alpha value is -1.22. The number of rotatable bonds is 4. The minimum absolute atomic E-state index is 0.233. The summed E-state index contributed by atoms with van der Waals surface area (Å²) in [5.74, 6) is 0. The SMILES string of the molecule is OC[C@@H](O)[C@@H]1OC(c2cccc(Cl)c2)O[C@H]2COC(c3cccc(Cl)c3)O[C@H]12. The van der Waals surface area contributed by atoms with Crippen molar-refractivity contribution in [3.05, 3.63) is 69.7 Å². The van der Waals surface area contributed by atoms with Crippen molar-refractivity contribution in [3.8, 4) is 0 Å². The highest BCUT2D eigenvalue weighted by molar-refractivity contribution is 6.30. The Balaban J connectivity index is 1.57. The summed E-state index contributed by atoms with van der Waals surface area (Å²) >= 11 is 12.1. The summed E-state index contributed by atoms with van der Waals surface area (Å²) in [6, 6.07) is 14.2. The molecule has 6 atom stereocenters. The molecule has 2 unspecified atom stereocenters. The summed E-state index contributed by atoms with van der Waals surface area (Å²) in [4.78, 5) is 0. The average Bonchev–Trinajstić information content (AvgIpc) is 2.72. The van der Waals surface area contributed by atoms with Crippen LogP contribution in [0.5, 0.6) is 0 Å². The van der Waals surface area contributed by atoms with Crippen molar-refractivity contribution >= 4 is 23.2 Å². The molecule has 0 amide bonds. The number of hydrogen-bond acceptors (Lipinski definition) is 6. The third-order valence-electron chi connectivity index (χ3n) is 4.77. The molecule has 2 aromatic rings. The van der Waals surface area contributed by atoms with Crippen LogP contribution in [0.25, 0.3) is 0 Å². The molecule has 0 aromatic heterocycles. The van der Waals surface area contributed by atoms with Gasteiger partial charge in [-0.2, -0.15) is 0 Å². The Labute approximate surface area is 172 Å². The van der Waals surface area contributed by atoms with Gasteiger partial charge in [0.2, 0.25) is 0 Å². The number of hydrogen-bond donors (Lipinski definition) is 2. The van der Waals surface area contributed by atoms with Gasteiger partial charge in [0.1, 0.15) is 24.4 Å². The number of benzene rings is 2. The van der Waals surface area contributed by atoms with E-state index in [1.54, 1.807) is 36.4 Å². The standard InChI is InChI=1S/C20H20Cl2O6/c21-13-5-1-3-11(7-13)19-25-10-16-18(28-19)17(15(24)9-23)27-20(26-16)12-4-2-6-14(22)8-12/h1-8,15-20,23-24H,9-10H2/t15-,16+,17+,18+,19?,20?/m1/s1. The summed E-state index contributed by atoms with van der Waals surface area (Å²) in [5, 5.41) is 21.0. The van der Waals surface area contributed by atoms with Crippen molar-refractivity contribution < 1.29 is 29.2 Å². The van der Waals surface area contributed by atoms with Crippen molar-refractivity contribution in [1.82, 2.24) is 0 Å². The number of fused-ring (bicyclic) bond motifs is 1. The molecular weight excluding hydrogens is 407 g/mol. The fourth-order valence-corrected chi connectivity index (χ4v) is 3.81. The summed E-state index contributed by atoms with van der Waals surface area (Å²) < 4.78 is 23.8. The smallest absolute Gasteiger partial charge is 0.185 e. The first-order valence-electron chi connectivity index (χ1n) is 8.93. The molecule has 2 N–H and O–H groups in total. The van der Waals surface area contributed by atoms with E-state index in [0.717, 1.165) is 5.56 Å². The molecule has 28 heavy (non-hydrogen) atoms. The van der Waals surface area contributed by atoms with E-state index in [-0.39, 0.29) is 6.61 Å². The van der Waals surface area contributed by atoms with Crippen LogP contribution in [0.15, 0.2) is 48.5 Å². The third-order valence-corrected chi connectivity index (χ3v) is 5.24. The van der Waals surface area contributed by atoms with Gasteiger partial charge in [-0.1, -0.05) is 47.5 Å². The van der Waals surface area contributed by atoms with E-state index in [1.165, 1.54) is 0 Å². The van der Waals surface area contributed by atoms with E-state index < -0.39 is 43.6 Å². The van der Waals surface area contributed by atoms with Gasteiger partial charge in [0.25, 0.3) is 0 Å². The fraction of sp³-hybridized carbons (Fsp3) is 0.400. The van der Waals surface area contributed by atoms with Crippen LogP contribution in [0.2, 0.25) is 10.0 Å². The highest BCUT2D eigenvalue weighted by Gasteiger charge is 2.48. The Morgan fingerprint density at radius 3 is 2.18 bits per heavy atom. The second-order valence-corrected chi connectivity index (χ2v) is 7.61. The number of halogens is 2. The predicted octanol–water partition coefficient (Wildman–Crippen LogP) is 3.24. The van der Waals surface area contributed by atoms with Crippen molar-refractivity contribution in [1.29, 1.82) is 0 Å². The molecule has 2 aromatic carbocycles. The molecule has 0 spiro atoms. The predicted molar refractivity (Wildman–Crippen MR) is 102 cm³/mol. The van der Waals surface area contributed by atoms with E-state index >= 15 is 0 Å². The first-order chi connectivity index (χ1) is 13.5. The van der Waals surface area contributed by atoms with Gasteiger partial charge in [0.15, 0.2) is 12.6 Å². The van der Waals surface area contributed by atoms with Crippen LogP contribution in [-0.2, 0) is 18.9 Å². The van der Waals surface area contributed by atoms with Gasteiger partial charge in [-0.3, -0.25) is 0 Å². The summed E-state index contributed by atoms with van der Waals surface area (Å²) in [6.07, 6.45) is -4.51. The Bertz CT molecular complexity index is 817. The van der Waals surface area contributed by atoms with Gasteiger partial charge in [0, 0.05) is 21.2 Å². The molecule has 0 radical (unpaired) electrons. The largest absolute Gasteiger partial charge is 0.394 e. The maximum absolute atomic E-state index is 10.3. The Morgan fingerprint density at radius 1 is 0.929 bits per heavy atom. The zero-order chi connectivity index (χ0) is 19.7. The van der Waals surface area contributed by atoms with Gasteiger partial charge < -0.3 is 29.2 Å². The highest BCUT2D eigenvalue weighted by Crippen LogP contribution is 2.39. The summed E-state index contributed by atoms with van der Waals surface area (Å²) in [5.41, 5.74) is 1.46. The normalized spacial score (nSPS) is 31.2. The molecule has 0 saturated carbocycles. The monoisotopic (exact) mass is 426 g/mol. The van der Waals surface area contributed by atoms with Gasteiger partial charge in [-0.15, -0.1) is 0 Å². The minimum atomic E-state index is -1.14. The fourth-order valence-electron chi connectivity index (χ4n) is 3.42. The van der Waals surface area contributed by atoms with Crippen LogP contribution in [0.4, 0.5) is 0 Å². The van der Waals surface area contributed by atoms with E-state index in [9.17, 15) is 10.2 Å². The molecule has 4 rings (SSSR count). The maximum atomic E-state index is 10.3. The first-order valence-corrected chi connectivity index (χ1v) is 9.68. The van der Waals surface area contributed by atoms with Crippen LogP contribution < -0.4 is 0 Å². The molecule has 0 bridgehead atoms. The van der Waals surface area contributed by atoms with Crippen molar-refractivity contribution in [2.75, 3.05) is 13.2 Å². The molecule has 0 aliphatic carbocycles. The quantitative estimate of drug-likeness (QED) is 0.781. The van der Waals surface area contributed by atoms with Crippen molar-refractivity contribution in [2.45, 2.75) is 37.0 Å². The van der Waals surface area contributed by atoms with E-state index in [1.807, 2.05) is 12.1 Å². The lowest BCUT2D eigenvalue weighted by Gasteiger charge is -2.47. The molecule has 2 aliphatic heterocycles. The van der Waals surface area contributed by atoms with Crippen LogP contribution in [0.3, 0.4) is 0 Å². The number of aliphatic hydroxyl groups is 2. The second-order valence-electron chi connectivity index (χ2n) is 6.73. The minimum Gasteiger partial charge on any atom is -0.394 e. The zero-order valence-electron chi connectivity index (χ0n) is 14.8. The lowest BCUT2D eigenvalue weighted by atomic mass is 9.99. The van der Waals surface area contributed by atoms with E-state index in [2.05, 4.69) is 0 Å². The van der Waals surface area contributed by atoms with Gasteiger partial charge in [-0.25, -0.2) is 0 Å². The van der Waals surface area contributed by atoms with Crippen LogP contribution in [0, 0.1) is 0 Å².